The van der Waals surface area contributed by atoms with E-state index in [2.05, 4.69) is 0 Å². The van der Waals surface area contributed by atoms with Crippen molar-refractivity contribution >= 4 is 17.5 Å². The highest BCUT2D eigenvalue weighted by atomic mass is 16.4. The molecule has 0 atom stereocenters. The second kappa shape index (κ2) is 4.61. The molecule has 0 saturated carbocycles. The Morgan fingerprint density at radius 3 is 2.06 bits per heavy atom. The standard InChI is InChI=1S/C12H12O4/c1-7-5-3-4-6-9(7)10(12(15)16)8(2)11(13)14/h3-6H,1-2H3,(H,13,14)(H,15,16)/b10-8-. The summed E-state index contributed by atoms with van der Waals surface area (Å²) in [4.78, 5) is 21.9. The molecule has 0 amide bonds. The minimum absolute atomic E-state index is 0.161. The normalized spacial score (nSPS) is 11.9. The molecule has 0 spiro atoms. The van der Waals surface area contributed by atoms with Crippen LogP contribution in [0.3, 0.4) is 0 Å². The van der Waals surface area contributed by atoms with E-state index in [-0.39, 0.29) is 11.1 Å². The monoisotopic (exact) mass is 220 g/mol. The summed E-state index contributed by atoms with van der Waals surface area (Å²) in [7, 11) is 0. The van der Waals surface area contributed by atoms with Crippen LogP contribution in [0.4, 0.5) is 0 Å². The van der Waals surface area contributed by atoms with Crippen LogP contribution in [-0.4, -0.2) is 22.2 Å². The minimum atomic E-state index is -1.23. The van der Waals surface area contributed by atoms with Crippen LogP contribution in [0.25, 0.3) is 5.57 Å². The topological polar surface area (TPSA) is 74.6 Å². The van der Waals surface area contributed by atoms with Crippen molar-refractivity contribution in [1.29, 1.82) is 0 Å². The van der Waals surface area contributed by atoms with Crippen molar-refractivity contribution in [3.63, 3.8) is 0 Å². The lowest BCUT2D eigenvalue weighted by Crippen LogP contribution is -2.09. The maximum absolute atomic E-state index is 11.1. The molecule has 0 unspecified atom stereocenters. The van der Waals surface area contributed by atoms with Gasteiger partial charge in [-0.15, -0.1) is 0 Å². The van der Waals surface area contributed by atoms with E-state index in [1.807, 2.05) is 0 Å². The Morgan fingerprint density at radius 1 is 1.06 bits per heavy atom. The van der Waals surface area contributed by atoms with E-state index in [9.17, 15) is 9.59 Å². The van der Waals surface area contributed by atoms with E-state index >= 15 is 0 Å². The number of carbonyl (C=O) groups is 2. The van der Waals surface area contributed by atoms with Gasteiger partial charge >= 0.3 is 11.9 Å². The van der Waals surface area contributed by atoms with Crippen molar-refractivity contribution in [3.05, 3.63) is 41.0 Å². The van der Waals surface area contributed by atoms with Gasteiger partial charge in [-0.1, -0.05) is 24.3 Å². The van der Waals surface area contributed by atoms with Gasteiger partial charge in [-0.2, -0.15) is 0 Å². The minimum Gasteiger partial charge on any atom is -0.478 e. The van der Waals surface area contributed by atoms with Gasteiger partial charge < -0.3 is 10.2 Å². The van der Waals surface area contributed by atoms with Gasteiger partial charge in [0, 0.05) is 5.57 Å². The van der Waals surface area contributed by atoms with Crippen LogP contribution in [0, 0.1) is 6.92 Å². The summed E-state index contributed by atoms with van der Waals surface area (Å²) >= 11 is 0. The summed E-state index contributed by atoms with van der Waals surface area (Å²) in [6.07, 6.45) is 0. The molecule has 16 heavy (non-hydrogen) atoms. The first kappa shape index (κ1) is 12.0. The molecule has 0 bridgehead atoms. The molecule has 0 aromatic heterocycles. The molecule has 0 heterocycles. The predicted molar refractivity (Wildman–Crippen MR) is 59.0 cm³/mol. The molecule has 1 rings (SSSR count). The molecular formula is C12H12O4. The first-order chi connectivity index (χ1) is 7.45. The van der Waals surface area contributed by atoms with Crippen molar-refractivity contribution in [1.82, 2.24) is 0 Å². The average Bonchev–Trinajstić information content (AvgIpc) is 2.20. The van der Waals surface area contributed by atoms with Crippen LogP contribution in [0.5, 0.6) is 0 Å². The molecule has 2 N–H and O–H groups in total. The van der Waals surface area contributed by atoms with Gasteiger partial charge in [0.2, 0.25) is 0 Å². The Bertz CT molecular complexity index is 472. The van der Waals surface area contributed by atoms with Crippen LogP contribution >= 0.6 is 0 Å². The number of carboxylic acids is 2. The van der Waals surface area contributed by atoms with Crippen LogP contribution in [-0.2, 0) is 9.59 Å². The molecule has 84 valence electrons. The summed E-state index contributed by atoms with van der Waals surface area (Å²) in [5.74, 6) is -2.45. The maximum atomic E-state index is 11.1. The highest BCUT2D eigenvalue weighted by Crippen LogP contribution is 2.22. The highest BCUT2D eigenvalue weighted by molar-refractivity contribution is 6.21. The number of aliphatic carboxylic acids is 2. The molecule has 1 aromatic carbocycles. The summed E-state index contributed by atoms with van der Waals surface area (Å²) in [5, 5.41) is 17.9. The number of aryl methyl sites for hydroxylation is 1. The van der Waals surface area contributed by atoms with E-state index in [0.717, 1.165) is 5.56 Å². The lowest BCUT2D eigenvalue weighted by molar-refractivity contribution is -0.134. The Balaban J connectivity index is 3.47. The lowest BCUT2D eigenvalue weighted by Gasteiger charge is -2.08. The largest absolute Gasteiger partial charge is 0.478 e. The third-order valence-corrected chi connectivity index (χ3v) is 2.32. The van der Waals surface area contributed by atoms with Crippen molar-refractivity contribution < 1.29 is 19.8 Å². The average molecular weight is 220 g/mol. The van der Waals surface area contributed by atoms with Gasteiger partial charge in [-0.3, -0.25) is 0 Å². The first-order valence-corrected chi connectivity index (χ1v) is 4.68. The Kier molecular flexibility index (Phi) is 3.45. The number of carboxylic acid groups (broad SMARTS) is 2. The Labute approximate surface area is 92.8 Å². The zero-order valence-electron chi connectivity index (χ0n) is 9.02. The van der Waals surface area contributed by atoms with Gasteiger partial charge in [0.05, 0.1) is 5.57 Å². The van der Waals surface area contributed by atoms with E-state index in [1.54, 1.807) is 31.2 Å². The molecule has 0 fully saturated rings. The fourth-order valence-electron chi connectivity index (χ4n) is 1.44. The summed E-state index contributed by atoms with van der Waals surface area (Å²) < 4.78 is 0. The van der Waals surface area contributed by atoms with Gasteiger partial charge in [0.1, 0.15) is 0 Å². The third-order valence-electron chi connectivity index (χ3n) is 2.32. The fraction of sp³-hybridized carbons (Fsp3) is 0.167. The zero-order chi connectivity index (χ0) is 12.3. The smallest absolute Gasteiger partial charge is 0.336 e. The molecule has 0 aliphatic carbocycles. The molecule has 4 nitrogen and oxygen atoms in total. The number of rotatable bonds is 3. The SMILES string of the molecule is C/C(C(=O)O)=C(/C(=O)O)c1ccccc1C. The van der Waals surface area contributed by atoms with Crippen molar-refractivity contribution in [2.24, 2.45) is 0 Å². The van der Waals surface area contributed by atoms with Gasteiger partial charge in [-0.25, -0.2) is 9.59 Å². The molecule has 4 heteroatoms. The highest BCUT2D eigenvalue weighted by Gasteiger charge is 2.19. The van der Waals surface area contributed by atoms with Crippen molar-refractivity contribution in [2.75, 3.05) is 0 Å². The van der Waals surface area contributed by atoms with Gasteiger partial charge in [0.15, 0.2) is 0 Å². The van der Waals surface area contributed by atoms with E-state index in [0.29, 0.717) is 5.56 Å². The summed E-state index contributed by atoms with van der Waals surface area (Å²) in [6, 6.07) is 6.80. The van der Waals surface area contributed by atoms with E-state index in [4.69, 9.17) is 10.2 Å². The van der Waals surface area contributed by atoms with Crippen molar-refractivity contribution in [2.45, 2.75) is 13.8 Å². The predicted octanol–water partition coefficient (Wildman–Crippen LogP) is 1.94. The van der Waals surface area contributed by atoms with Crippen LogP contribution < -0.4 is 0 Å². The second-order valence-corrected chi connectivity index (χ2v) is 3.43. The fourth-order valence-corrected chi connectivity index (χ4v) is 1.44. The van der Waals surface area contributed by atoms with E-state index in [1.165, 1.54) is 6.92 Å². The Morgan fingerprint density at radius 2 is 1.62 bits per heavy atom. The number of hydrogen-bond acceptors (Lipinski definition) is 2. The van der Waals surface area contributed by atoms with Crippen LogP contribution in [0.1, 0.15) is 18.1 Å². The van der Waals surface area contributed by atoms with Crippen molar-refractivity contribution in [3.8, 4) is 0 Å². The molecular weight excluding hydrogens is 208 g/mol. The summed E-state index contributed by atoms with van der Waals surface area (Å²) in [6.45, 7) is 3.03. The molecule has 0 aliphatic heterocycles. The quantitative estimate of drug-likeness (QED) is 0.763. The Hall–Kier alpha value is -2.10. The molecule has 1 aromatic rings. The van der Waals surface area contributed by atoms with E-state index < -0.39 is 11.9 Å². The van der Waals surface area contributed by atoms with Crippen LogP contribution in [0.15, 0.2) is 29.8 Å². The van der Waals surface area contributed by atoms with Gasteiger partial charge in [0.25, 0.3) is 0 Å². The van der Waals surface area contributed by atoms with Crippen LogP contribution in [0.2, 0.25) is 0 Å². The maximum Gasteiger partial charge on any atom is 0.336 e. The first-order valence-electron chi connectivity index (χ1n) is 4.68. The third kappa shape index (κ3) is 2.28. The zero-order valence-corrected chi connectivity index (χ0v) is 9.02. The molecule has 0 aliphatic rings. The van der Waals surface area contributed by atoms with Gasteiger partial charge in [-0.05, 0) is 25.0 Å². The molecule has 0 saturated heterocycles. The lowest BCUT2D eigenvalue weighted by atomic mass is 9.97. The number of benzene rings is 1. The second-order valence-electron chi connectivity index (χ2n) is 3.43. The molecule has 0 radical (unpaired) electrons. The number of hydrogen-bond donors (Lipinski definition) is 2. The summed E-state index contributed by atoms with van der Waals surface area (Å²) in [5.41, 5.74) is 0.850.